The van der Waals surface area contributed by atoms with Gasteiger partial charge in [0.25, 0.3) is 0 Å². The number of rotatable bonds is 3. The van der Waals surface area contributed by atoms with Gasteiger partial charge in [-0.15, -0.1) is 0 Å². The summed E-state index contributed by atoms with van der Waals surface area (Å²) in [6.45, 7) is 6.16. The SMILES string of the molecule is CC(=O)OC(OC(C)=O)C(C)C. The highest BCUT2D eigenvalue weighted by Gasteiger charge is 2.18. The maximum atomic E-state index is 10.5. The quantitative estimate of drug-likeness (QED) is 0.474. The lowest BCUT2D eigenvalue weighted by molar-refractivity contribution is -0.192. The fourth-order valence-electron chi connectivity index (χ4n) is 0.623. The Labute approximate surface area is 71.8 Å². The van der Waals surface area contributed by atoms with Crippen molar-refractivity contribution in [2.24, 2.45) is 5.92 Å². The van der Waals surface area contributed by atoms with Crippen LogP contribution in [0.5, 0.6) is 0 Å². The molecule has 0 rings (SSSR count). The second-order valence-corrected chi connectivity index (χ2v) is 2.83. The number of esters is 2. The molecule has 12 heavy (non-hydrogen) atoms. The maximum Gasteiger partial charge on any atom is 0.305 e. The molecule has 0 aliphatic carbocycles. The van der Waals surface area contributed by atoms with E-state index in [2.05, 4.69) is 0 Å². The third-order valence-electron chi connectivity index (χ3n) is 1.11. The molecule has 0 aliphatic heterocycles. The van der Waals surface area contributed by atoms with Crippen molar-refractivity contribution >= 4 is 11.9 Å². The average molecular weight is 174 g/mol. The van der Waals surface area contributed by atoms with E-state index in [1.807, 2.05) is 0 Å². The molecule has 4 heteroatoms. The normalized spacial score (nSPS) is 10.2. The summed E-state index contributed by atoms with van der Waals surface area (Å²) in [5, 5.41) is 0. The predicted molar refractivity (Wildman–Crippen MR) is 42.2 cm³/mol. The Hall–Kier alpha value is -1.06. The summed E-state index contributed by atoms with van der Waals surface area (Å²) in [6.07, 6.45) is -0.764. The van der Waals surface area contributed by atoms with Gasteiger partial charge in [-0.2, -0.15) is 0 Å². The van der Waals surface area contributed by atoms with E-state index < -0.39 is 18.2 Å². The zero-order valence-electron chi connectivity index (χ0n) is 7.79. The van der Waals surface area contributed by atoms with Gasteiger partial charge in [0.15, 0.2) is 0 Å². The Balaban J connectivity index is 4.04. The van der Waals surface area contributed by atoms with E-state index in [1.165, 1.54) is 13.8 Å². The average Bonchev–Trinajstić information content (AvgIpc) is 1.83. The lowest BCUT2D eigenvalue weighted by Crippen LogP contribution is -2.27. The topological polar surface area (TPSA) is 52.6 Å². The van der Waals surface area contributed by atoms with Crippen LogP contribution in [-0.4, -0.2) is 18.2 Å². The fourth-order valence-corrected chi connectivity index (χ4v) is 0.623. The highest BCUT2D eigenvalue weighted by molar-refractivity contribution is 5.68. The fraction of sp³-hybridized carbons (Fsp3) is 0.750. The minimum Gasteiger partial charge on any atom is -0.425 e. The van der Waals surface area contributed by atoms with Crippen molar-refractivity contribution < 1.29 is 19.1 Å². The zero-order chi connectivity index (χ0) is 9.72. The van der Waals surface area contributed by atoms with Gasteiger partial charge in [-0.1, -0.05) is 13.8 Å². The van der Waals surface area contributed by atoms with E-state index in [0.717, 1.165) is 0 Å². The molecule has 0 saturated carbocycles. The molecule has 0 unspecified atom stereocenters. The molecule has 0 saturated heterocycles. The van der Waals surface area contributed by atoms with Crippen molar-refractivity contribution in [2.75, 3.05) is 0 Å². The summed E-state index contributed by atoms with van der Waals surface area (Å²) in [4.78, 5) is 21.1. The van der Waals surface area contributed by atoms with E-state index >= 15 is 0 Å². The number of hydrogen-bond donors (Lipinski definition) is 0. The number of carbonyl (C=O) groups excluding carboxylic acids is 2. The van der Waals surface area contributed by atoms with Gasteiger partial charge in [0.2, 0.25) is 6.29 Å². The molecule has 0 aromatic rings. The lowest BCUT2D eigenvalue weighted by atomic mass is 10.2. The number of carbonyl (C=O) groups is 2. The Morgan fingerprint density at radius 2 is 1.33 bits per heavy atom. The van der Waals surface area contributed by atoms with E-state index in [4.69, 9.17) is 9.47 Å². The monoisotopic (exact) mass is 174 g/mol. The van der Waals surface area contributed by atoms with Crippen LogP contribution in [0.25, 0.3) is 0 Å². The first-order valence-corrected chi connectivity index (χ1v) is 3.78. The molecule has 0 fully saturated rings. The Morgan fingerprint density at radius 3 is 1.50 bits per heavy atom. The first-order chi connectivity index (χ1) is 5.43. The van der Waals surface area contributed by atoms with Gasteiger partial charge in [0, 0.05) is 19.8 Å². The smallest absolute Gasteiger partial charge is 0.305 e. The van der Waals surface area contributed by atoms with Crippen LogP contribution in [0.1, 0.15) is 27.7 Å². The third kappa shape index (κ3) is 4.71. The molecule has 70 valence electrons. The molecule has 0 radical (unpaired) electrons. The highest BCUT2D eigenvalue weighted by atomic mass is 16.7. The summed E-state index contributed by atoms with van der Waals surface area (Å²) in [6, 6.07) is 0. The molecule has 0 aromatic heterocycles. The van der Waals surface area contributed by atoms with E-state index in [0.29, 0.717) is 0 Å². The van der Waals surface area contributed by atoms with Gasteiger partial charge in [0.05, 0.1) is 0 Å². The highest BCUT2D eigenvalue weighted by Crippen LogP contribution is 2.08. The van der Waals surface area contributed by atoms with Gasteiger partial charge >= 0.3 is 11.9 Å². The molecule has 0 aromatic carbocycles. The van der Waals surface area contributed by atoms with Gasteiger partial charge < -0.3 is 9.47 Å². The Kier molecular flexibility index (Phi) is 4.33. The second kappa shape index (κ2) is 4.74. The molecule has 0 amide bonds. The second-order valence-electron chi connectivity index (χ2n) is 2.83. The van der Waals surface area contributed by atoms with Crippen molar-refractivity contribution in [1.82, 2.24) is 0 Å². The van der Waals surface area contributed by atoms with Gasteiger partial charge in [-0.25, -0.2) is 0 Å². The van der Waals surface area contributed by atoms with Crippen LogP contribution in [0.3, 0.4) is 0 Å². The Bertz CT molecular complexity index is 158. The van der Waals surface area contributed by atoms with Gasteiger partial charge in [-0.3, -0.25) is 9.59 Å². The molecule has 0 heterocycles. The molecular weight excluding hydrogens is 160 g/mol. The van der Waals surface area contributed by atoms with Crippen LogP contribution in [0.4, 0.5) is 0 Å². The molecule has 0 atom stereocenters. The lowest BCUT2D eigenvalue weighted by Gasteiger charge is -2.19. The summed E-state index contributed by atoms with van der Waals surface area (Å²) in [5.41, 5.74) is 0. The minimum absolute atomic E-state index is 0.0298. The minimum atomic E-state index is -0.764. The van der Waals surface area contributed by atoms with Crippen molar-refractivity contribution in [3.63, 3.8) is 0 Å². The summed E-state index contributed by atoms with van der Waals surface area (Å²) in [5.74, 6) is -0.928. The van der Waals surface area contributed by atoms with Crippen LogP contribution in [0.15, 0.2) is 0 Å². The number of ether oxygens (including phenoxy) is 2. The molecule has 4 nitrogen and oxygen atoms in total. The zero-order valence-corrected chi connectivity index (χ0v) is 7.79. The number of hydrogen-bond acceptors (Lipinski definition) is 4. The van der Waals surface area contributed by atoms with Crippen molar-refractivity contribution in [1.29, 1.82) is 0 Å². The largest absolute Gasteiger partial charge is 0.425 e. The van der Waals surface area contributed by atoms with Crippen LogP contribution in [0.2, 0.25) is 0 Å². The standard InChI is InChI=1S/C8H14O4/c1-5(2)8(11-6(3)9)12-7(4)10/h5,8H,1-4H3. The first-order valence-electron chi connectivity index (χ1n) is 3.78. The predicted octanol–water partition coefficient (Wildman–Crippen LogP) is 1.09. The van der Waals surface area contributed by atoms with Gasteiger partial charge in [0.1, 0.15) is 0 Å². The van der Waals surface area contributed by atoms with E-state index in [1.54, 1.807) is 13.8 Å². The van der Waals surface area contributed by atoms with Crippen molar-refractivity contribution in [3.8, 4) is 0 Å². The van der Waals surface area contributed by atoms with Crippen molar-refractivity contribution in [2.45, 2.75) is 34.0 Å². The first kappa shape index (κ1) is 10.9. The molecule has 0 spiro atoms. The summed E-state index contributed by atoms with van der Waals surface area (Å²) in [7, 11) is 0. The maximum absolute atomic E-state index is 10.5. The molecule has 0 N–H and O–H groups in total. The summed E-state index contributed by atoms with van der Waals surface area (Å²) < 4.78 is 9.48. The third-order valence-corrected chi connectivity index (χ3v) is 1.11. The molecule has 0 bridgehead atoms. The van der Waals surface area contributed by atoms with E-state index in [-0.39, 0.29) is 5.92 Å². The van der Waals surface area contributed by atoms with E-state index in [9.17, 15) is 9.59 Å². The van der Waals surface area contributed by atoms with Crippen molar-refractivity contribution in [3.05, 3.63) is 0 Å². The van der Waals surface area contributed by atoms with Crippen LogP contribution < -0.4 is 0 Å². The van der Waals surface area contributed by atoms with Crippen LogP contribution in [-0.2, 0) is 19.1 Å². The Morgan fingerprint density at radius 1 is 1.00 bits per heavy atom. The van der Waals surface area contributed by atoms with Gasteiger partial charge in [-0.05, 0) is 0 Å². The van der Waals surface area contributed by atoms with Crippen LogP contribution in [0, 0.1) is 5.92 Å². The van der Waals surface area contributed by atoms with Crippen LogP contribution >= 0.6 is 0 Å². The summed E-state index contributed by atoms with van der Waals surface area (Å²) >= 11 is 0. The molecular formula is C8H14O4. The molecule has 0 aliphatic rings.